The van der Waals surface area contributed by atoms with Crippen LogP contribution in [0.5, 0.6) is 0 Å². The van der Waals surface area contributed by atoms with Crippen molar-refractivity contribution in [1.29, 1.82) is 0 Å². The zero-order valence-corrected chi connectivity index (χ0v) is 11.9. The summed E-state index contributed by atoms with van der Waals surface area (Å²) in [5.74, 6) is -0.404. The van der Waals surface area contributed by atoms with Crippen LogP contribution >= 0.6 is 7.37 Å². The SMILES string of the molecule is CCCP(=O)(OC)c1cccc(C(=O)OCC)c1. The molecule has 1 atom stereocenters. The number of esters is 1. The maximum atomic E-state index is 12.5. The van der Waals surface area contributed by atoms with Gasteiger partial charge in [-0.1, -0.05) is 13.0 Å². The zero-order chi connectivity index (χ0) is 13.6. The summed E-state index contributed by atoms with van der Waals surface area (Å²) in [6.45, 7) is 4.01. The molecule has 0 fully saturated rings. The molecule has 4 nitrogen and oxygen atoms in total. The molecule has 0 saturated carbocycles. The van der Waals surface area contributed by atoms with Gasteiger partial charge in [-0.2, -0.15) is 0 Å². The van der Waals surface area contributed by atoms with Crippen LogP contribution in [0, 0.1) is 0 Å². The highest BCUT2D eigenvalue weighted by molar-refractivity contribution is 7.66. The fraction of sp³-hybridized carbons (Fsp3) is 0.462. The topological polar surface area (TPSA) is 52.6 Å². The van der Waals surface area contributed by atoms with E-state index >= 15 is 0 Å². The maximum Gasteiger partial charge on any atom is 0.338 e. The second-order valence-electron chi connectivity index (χ2n) is 3.85. The Labute approximate surface area is 108 Å². The van der Waals surface area contributed by atoms with E-state index in [0.29, 0.717) is 23.6 Å². The summed E-state index contributed by atoms with van der Waals surface area (Å²) < 4.78 is 22.6. The molecule has 0 amide bonds. The van der Waals surface area contributed by atoms with E-state index in [0.717, 1.165) is 6.42 Å². The van der Waals surface area contributed by atoms with E-state index in [9.17, 15) is 9.36 Å². The lowest BCUT2D eigenvalue weighted by Gasteiger charge is -2.16. The van der Waals surface area contributed by atoms with Crippen LogP contribution < -0.4 is 5.30 Å². The van der Waals surface area contributed by atoms with Gasteiger partial charge in [-0.15, -0.1) is 0 Å². The van der Waals surface area contributed by atoms with Crippen LogP contribution in [0.15, 0.2) is 24.3 Å². The molecule has 0 aliphatic carbocycles. The highest BCUT2D eigenvalue weighted by Crippen LogP contribution is 2.45. The van der Waals surface area contributed by atoms with Crippen molar-refractivity contribution in [1.82, 2.24) is 0 Å². The Bertz CT molecular complexity index is 456. The molecule has 0 heterocycles. The van der Waals surface area contributed by atoms with Crippen LogP contribution in [0.25, 0.3) is 0 Å². The standard InChI is InChI=1S/C13H19O4P/c1-4-9-18(15,16-3)12-8-6-7-11(10-12)13(14)17-5-2/h6-8,10H,4-5,9H2,1-3H3. The number of ether oxygens (including phenoxy) is 1. The molecule has 0 aliphatic heterocycles. The molecular weight excluding hydrogens is 251 g/mol. The van der Waals surface area contributed by atoms with Crippen molar-refractivity contribution in [2.24, 2.45) is 0 Å². The first-order valence-electron chi connectivity index (χ1n) is 6.00. The van der Waals surface area contributed by atoms with Crippen molar-refractivity contribution in [3.8, 4) is 0 Å². The van der Waals surface area contributed by atoms with Gasteiger partial charge < -0.3 is 9.26 Å². The quantitative estimate of drug-likeness (QED) is 0.589. The summed E-state index contributed by atoms with van der Waals surface area (Å²) in [6, 6.07) is 6.66. The van der Waals surface area contributed by atoms with Crippen molar-refractivity contribution < 1.29 is 18.6 Å². The van der Waals surface area contributed by atoms with Gasteiger partial charge >= 0.3 is 5.97 Å². The maximum absolute atomic E-state index is 12.5. The molecule has 100 valence electrons. The first-order valence-corrected chi connectivity index (χ1v) is 7.81. The zero-order valence-electron chi connectivity index (χ0n) is 11.0. The molecule has 0 aliphatic rings. The second-order valence-corrected chi connectivity index (χ2v) is 6.53. The molecule has 0 aromatic heterocycles. The first kappa shape index (κ1) is 14.9. The molecule has 1 aromatic rings. The van der Waals surface area contributed by atoms with E-state index in [-0.39, 0.29) is 0 Å². The Balaban J connectivity index is 3.07. The van der Waals surface area contributed by atoms with E-state index in [1.54, 1.807) is 31.2 Å². The molecule has 0 radical (unpaired) electrons. The minimum Gasteiger partial charge on any atom is -0.462 e. The van der Waals surface area contributed by atoms with Gasteiger partial charge in [0.15, 0.2) is 0 Å². The Kier molecular flexibility index (Phi) is 5.57. The summed E-state index contributed by atoms with van der Waals surface area (Å²) in [7, 11) is -1.41. The molecule has 1 rings (SSSR count). The van der Waals surface area contributed by atoms with Crippen molar-refractivity contribution in [3.05, 3.63) is 29.8 Å². The highest BCUT2D eigenvalue weighted by atomic mass is 31.2. The van der Waals surface area contributed by atoms with Crippen LogP contribution in [0.2, 0.25) is 0 Å². The van der Waals surface area contributed by atoms with Gasteiger partial charge in [-0.3, -0.25) is 4.57 Å². The number of rotatable bonds is 6. The third-order valence-electron chi connectivity index (χ3n) is 2.56. The normalized spacial score (nSPS) is 13.9. The Morgan fingerprint density at radius 1 is 1.33 bits per heavy atom. The number of benzene rings is 1. The number of carbonyl (C=O) groups is 1. The third-order valence-corrected chi connectivity index (χ3v) is 5.25. The minimum atomic E-state index is -2.85. The largest absolute Gasteiger partial charge is 0.462 e. The van der Waals surface area contributed by atoms with Crippen molar-refractivity contribution in [2.45, 2.75) is 20.3 Å². The minimum absolute atomic E-state index is 0.319. The van der Waals surface area contributed by atoms with Gasteiger partial charge in [0.25, 0.3) is 0 Å². The fourth-order valence-electron chi connectivity index (χ4n) is 1.68. The average Bonchev–Trinajstić information content (AvgIpc) is 2.39. The van der Waals surface area contributed by atoms with Crippen molar-refractivity contribution in [3.63, 3.8) is 0 Å². The average molecular weight is 270 g/mol. The van der Waals surface area contributed by atoms with Gasteiger partial charge in [0.1, 0.15) is 0 Å². The lowest BCUT2D eigenvalue weighted by atomic mass is 10.2. The van der Waals surface area contributed by atoms with Crippen molar-refractivity contribution in [2.75, 3.05) is 19.9 Å². The van der Waals surface area contributed by atoms with Crippen molar-refractivity contribution >= 4 is 18.6 Å². The van der Waals surface area contributed by atoms with Gasteiger partial charge in [0, 0.05) is 18.6 Å². The Morgan fingerprint density at radius 3 is 2.61 bits per heavy atom. The van der Waals surface area contributed by atoms with Crippen LogP contribution in [0.1, 0.15) is 30.6 Å². The lowest BCUT2D eigenvalue weighted by molar-refractivity contribution is 0.0526. The summed E-state index contributed by atoms with van der Waals surface area (Å²) >= 11 is 0. The van der Waals surface area contributed by atoms with Gasteiger partial charge in [-0.25, -0.2) is 4.79 Å². The van der Waals surface area contributed by atoms with E-state index in [1.807, 2.05) is 6.92 Å². The predicted molar refractivity (Wildman–Crippen MR) is 71.8 cm³/mol. The van der Waals surface area contributed by atoms with Crippen LogP contribution in [0.3, 0.4) is 0 Å². The molecule has 5 heteroatoms. The van der Waals surface area contributed by atoms with E-state index in [4.69, 9.17) is 9.26 Å². The monoisotopic (exact) mass is 270 g/mol. The number of hydrogen-bond acceptors (Lipinski definition) is 4. The molecule has 0 bridgehead atoms. The summed E-state index contributed by atoms with van der Waals surface area (Å²) in [5, 5.41) is 0.567. The number of hydrogen-bond donors (Lipinski definition) is 0. The highest BCUT2D eigenvalue weighted by Gasteiger charge is 2.24. The summed E-state index contributed by atoms with van der Waals surface area (Å²) in [6.07, 6.45) is 1.23. The molecule has 1 unspecified atom stereocenters. The lowest BCUT2D eigenvalue weighted by Crippen LogP contribution is -2.13. The van der Waals surface area contributed by atoms with E-state index in [1.165, 1.54) is 7.11 Å². The molecule has 0 N–H and O–H groups in total. The molecule has 0 spiro atoms. The van der Waals surface area contributed by atoms with E-state index in [2.05, 4.69) is 0 Å². The van der Waals surface area contributed by atoms with Gasteiger partial charge in [0.2, 0.25) is 7.37 Å². The smallest absolute Gasteiger partial charge is 0.338 e. The Morgan fingerprint density at radius 2 is 2.06 bits per heavy atom. The predicted octanol–water partition coefficient (Wildman–Crippen LogP) is 2.82. The second kappa shape index (κ2) is 6.72. The van der Waals surface area contributed by atoms with Gasteiger partial charge in [0.05, 0.1) is 12.2 Å². The fourth-order valence-corrected chi connectivity index (χ4v) is 3.57. The molecule has 18 heavy (non-hydrogen) atoms. The van der Waals surface area contributed by atoms with E-state index < -0.39 is 13.3 Å². The summed E-state index contributed by atoms with van der Waals surface area (Å²) in [4.78, 5) is 11.6. The molecule has 0 saturated heterocycles. The first-order chi connectivity index (χ1) is 8.57. The molecule has 1 aromatic carbocycles. The Hall–Kier alpha value is -1.12. The third kappa shape index (κ3) is 3.44. The van der Waals surface area contributed by atoms with Crippen LogP contribution in [0.4, 0.5) is 0 Å². The van der Waals surface area contributed by atoms with Crippen LogP contribution in [-0.2, 0) is 13.8 Å². The number of carbonyl (C=O) groups excluding carboxylic acids is 1. The van der Waals surface area contributed by atoms with Crippen LogP contribution in [-0.4, -0.2) is 25.8 Å². The molecular formula is C13H19O4P. The van der Waals surface area contributed by atoms with Gasteiger partial charge in [-0.05, 0) is 31.5 Å². The summed E-state index contributed by atoms with van der Waals surface area (Å²) in [5.41, 5.74) is 0.405.